The minimum absolute atomic E-state index is 0.902. The van der Waals surface area contributed by atoms with Crippen molar-refractivity contribution in [3.8, 4) is 5.75 Å². The molecule has 0 aromatic heterocycles. The summed E-state index contributed by atoms with van der Waals surface area (Å²) in [7, 11) is 3.85. The quantitative estimate of drug-likeness (QED) is 0.790. The minimum atomic E-state index is 0.902. The van der Waals surface area contributed by atoms with Gasteiger partial charge in [0.05, 0.1) is 7.11 Å². The first-order valence-electron chi connectivity index (χ1n) is 5.97. The van der Waals surface area contributed by atoms with Crippen LogP contribution in [0.25, 0.3) is 6.08 Å². The highest BCUT2D eigenvalue weighted by Gasteiger charge is 2.05. The van der Waals surface area contributed by atoms with E-state index >= 15 is 0 Å². The Morgan fingerprint density at radius 2 is 1.94 bits per heavy atom. The maximum Gasteiger partial charge on any atom is 0.118 e. The summed E-state index contributed by atoms with van der Waals surface area (Å²) in [6, 6.07) is 8.12. The van der Waals surface area contributed by atoms with Crippen molar-refractivity contribution >= 4 is 6.08 Å². The van der Waals surface area contributed by atoms with Crippen LogP contribution in [-0.4, -0.2) is 32.1 Å². The number of likely N-dealkylation sites (N-methyl/N-ethyl adjacent to an activating group) is 1. The van der Waals surface area contributed by atoms with E-state index in [1.54, 1.807) is 7.11 Å². The highest BCUT2D eigenvalue weighted by Crippen LogP contribution is 2.14. The number of hydrogen-bond donors (Lipinski definition) is 0. The molecule has 1 aromatic carbocycles. The number of hydrogen-bond acceptors (Lipinski definition) is 2. The van der Waals surface area contributed by atoms with Gasteiger partial charge in [0.15, 0.2) is 0 Å². The van der Waals surface area contributed by atoms with E-state index < -0.39 is 0 Å². The van der Waals surface area contributed by atoms with Crippen molar-refractivity contribution in [3.05, 3.63) is 47.6 Å². The molecule has 1 aliphatic rings. The van der Waals surface area contributed by atoms with E-state index in [9.17, 15) is 0 Å². The van der Waals surface area contributed by atoms with E-state index in [1.807, 2.05) is 12.1 Å². The van der Waals surface area contributed by atoms with Gasteiger partial charge < -0.3 is 9.64 Å². The maximum absolute atomic E-state index is 5.14. The van der Waals surface area contributed by atoms with Crippen LogP contribution in [0.3, 0.4) is 0 Å². The Bertz CT molecular complexity index is 417. The molecule has 2 heteroatoms. The Labute approximate surface area is 103 Å². The zero-order chi connectivity index (χ0) is 12.1. The van der Waals surface area contributed by atoms with Crippen LogP contribution in [-0.2, 0) is 0 Å². The van der Waals surface area contributed by atoms with Gasteiger partial charge in [-0.05, 0) is 36.7 Å². The summed E-state index contributed by atoms with van der Waals surface area (Å²) in [6.45, 7) is 2.21. The molecule has 0 spiro atoms. The predicted molar refractivity (Wildman–Crippen MR) is 72.2 cm³/mol. The molecule has 0 aliphatic carbocycles. The normalized spacial score (nSPS) is 17.2. The average molecular weight is 229 g/mol. The molecule has 0 bridgehead atoms. The van der Waals surface area contributed by atoms with Crippen LogP contribution < -0.4 is 4.74 Å². The summed E-state index contributed by atoms with van der Waals surface area (Å²) in [4.78, 5) is 2.34. The van der Waals surface area contributed by atoms with Crippen LogP contribution in [0.2, 0.25) is 0 Å². The lowest BCUT2D eigenvalue weighted by Crippen LogP contribution is -2.24. The summed E-state index contributed by atoms with van der Waals surface area (Å²) in [5, 5.41) is 0. The van der Waals surface area contributed by atoms with E-state index in [-0.39, 0.29) is 0 Å². The van der Waals surface area contributed by atoms with Crippen LogP contribution in [0.15, 0.2) is 42.0 Å². The molecule has 90 valence electrons. The maximum atomic E-state index is 5.14. The molecule has 1 aliphatic heterocycles. The highest BCUT2D eigenvalue weighted by atomic mass is 16.5. The van der Waals surface area contributed by atoms with Gasteiger partial charge in [-0.25, -0.2) is 0 Å². The molecule has 0 radical (unpaired) electrons. The predicted octanol–water partition coefficient (Wildman–Crippen LogP) is 2.97. The lowest BCUT2D eigenvalue weighted by atomic mass is 10.1. The first-order valence-corrected chi connectivity index (χ1v) is 5.97. The van der Waals surface area contributed by atoms with Crippen molar-refractivity contribution in [2.75, 3.05) is 27.2 Å². The molecule has 17 heavy (non-hydrogen) atoms. The monoisotopic (exact) mass is 229 g/mol. The van der Waals surface area contributed by atoms with Gasteiger partial charge in [-0.15, -0.1) is 0 Å². The summed E-state index contributed by atoms with van der Waals surface area (Å²) in [5.74, 6) is 0.902. The van der Waals surface area contributed by atoms with Gasteiger partial charge in [0.2, 0.25) is 0 Å². The van der Waals surface area contributed by atoms with Gasteiger partial charge in [0, 0.05) is 13.1 Å². The second-order valence-corrected chi connectivity index (χ2v) is 4.41. The summed E-state index contributed by atoms with van der Waals surface area (Å²) >= 11 is 0. The van der Waals surface area contributed by atoms with Crippen molar-refractivity contribution in [1.82, 2.24) is 4.90 Å². The van der Waals surface area contributed by atoms with Crippen molar-refractivity contribution in [1.29, 1.82) is 0 Å². The molecule has 0 amide bonds. The van der Waals surface area contributed by atoms with Gasteiger partial charge in [-0.1, -0.05) is 30.4 Å². The van der Waals surface area contributed by atoms with Crippen LogP contribution in [0, 0.1) is 0 Å². The minimum Gasteiger partial charge on any atom is -0.497 e. The topological polar surface area (TPSA) is 12.5 Å². The molecular formula is C15H19NO. The third-order valence-corrected chi connectivity index (χ3v) is 2.98. The number of rotatable bonds is 3. The van der Waals surface area contributed by atoms with E-state index in [0.717, 1.165) is 18.7 Å². The van der Waals surface area contributed by atoms with Crippen molar-refractivity contribution in [2.24, 2.45) is 0 Å². The first kappa shape index (κ1) is 11.9. The Hall–Kier alpha value is -1.54. The Kier molecular flexibility index (Phi) is 3.99. The van der Waals surface area contributed by atoms with Crippen LogP contribution in [0.5, 0.6) is 5.75 Å². The highest BCUT2D eigenvalue weighted by molar-refractivity contribution is 5.54. The molecule has 2 nitrogen and oxygen atoms in total. The van der Waals surface area contributed by atoms with E-state index in [2.05, 4.69) is 42.3 Å². The molecule has 0 saturated carbocycles. The van der Waals surface area contributed by atoms with Crippen molar-refractivity contribution in [3.63, 3.8) is 0 Å². The zero-order valence-corrected chi connectivity index (χ0v) is 10.5. The second-order valence-electron chi connectivity index (χ2n) is 4.41. The lowest BCUT2D eigenvalue weighted by Gasteiger charge is -2.20. The molecular weight excluding hydrogens is 210 g/mol. The van der Waals surface area contributed by atoms with Gasteiger partial charge in [0.1, 0.15) is 5.75 Å². The summed E-state index contributed by atoms with van der Waals surface area (Å²) < 4.78 is 5.14. The Morgan fingerprint density at radius 3 is 2.59 bits per heavy atom. The van der Waals surface area contributed by atoms with Crippen LogP contribution >= 0.6 is 0 Å². The number of nitrogens with zero attached hydrogens (tertiary/aromatic N) is 1. The second kappa shape index (κ2) is 5.69. The lowest BCUT2D eigenvalue weighted by molar-refractivity contribution is 0.358. The van der Waals surface area contributed by atoms with Gasteiger partial charge >= 0.3 is 0 Å². The average Bonchev–Trinajstić information content (AvgIpc) is 2.37. The van der Waals surface area contributed by atoms with Gasteiger partial charge in [-0.2, -0.15) is 0 Å². The standard InChI is InChI=1S/C15H19NO/c1-16-11-3-4-14(12-16)6-5-13-7-9-15(17-2)10-8-13/h4-10H,3,11-12H2,1-2H3/b6-5+. The third-order valence-electron chi connectivity index (χ3n) is 2.98. The summed E-state index contributed by atoms with van der Waals surface area (Å²) in [5.41, 5.74) is 2.61. The zero-order valence-electron chi connectivity index (χ0n) is 10.5. The van der Waals surface area contributed by atoms with E-state index in [4.69, 9.17) is 4.74 Å². The van der Waals surface area contributed by atoms with Gasteiger partial charge in [-0.3, -0.25) is 0 Å². The fourth-order valence-corrected chi connectivity index (χ4v) is 1.96. The van der Waals surface area contributed by atoms with Crippen LogP contribution in [0.4, 0.5) is 0 Å². The SMILES string of the molecule is COc1ccc(/C=C/C2=CCCN(C)C2)cc1. The smallest absolute Gasteiger partial charge is 0.118 e. The molecule has 0 atom stereocenters. The molecule has 0 N–H and O–H groups in total. The van der Waals surface area contributed by atoms with E-state index in [1.165, 1.54) is 17.7 Å². The first-order chi connectivity index (χ1) is 8.28. The fourth-order valence-electron chi connectivity index (χ4n) is 1.96. The van der Waals surface area contributed by atoms with Crippen molar-refractivity contribution < 1.29 is 4.74 Å². The van der Waals surface area contributed by atoms with Gasteiger partial charge in [0.25, 0.3) is 0 Å². The fraction of sp³-hybridized carbons (Fsp3) is 0.333. The van der Waals surface area contributed by atoms with E-state index in [0.29, 0.717) is 0 Å². The molecule has 2 rings (SSSR count). The molecule has 1 heterocycles. The third kappa shape index (κ3) is 3.46. The Morgan fingerprint density at radius 1 is 1.18 bits per heavy atom. The number of benzene rings is 1. The number of ether oxygens (including phenoxy) is 1. The van der Waals surface area contributed by atoms with Crippen LogP contribution in [0.1, 0.15) is 12.0 Å². The molecule has 0 saturated heterocycles. The number of methoxy groups -OCH3 is 1. The molecule has 0 unspecified atom stereocenters. The van der Waals surface area contributed by atoms with Crippen molar-refractivity contribution in [2.45, 2.75) is 6.42 Å². The summed E-state index contributed by atoms with van der Waals surface area (Å²) in [6.07, 6.45) is 7.83. The molecule has 1 aromatic rings. The Balaban J connectivity index is 2.01. The largest absolute Gasteiger partial charge is 0.497 e. The molecule has 0 fully saturated rings.